The number of nitrogens with zero attached hydrogens (tertiary/aromatic N) is 3. The number of methoxy groups -OCH3 is 1. The molecule has 6 nitrogen and oxygen atoms in total. The van der Waals surface area contributed by atoms with Crippen molar-refractivity contribution in [2.24, 2.45) is 5.92 Å². The van der Waals surface area contributed by atoms with Crippen LogP contribution < -0.4 is 0 Å². The van der Waals surface area contributed by atoms with Crippen LogP contribution in [0, 0.1) is 12.8 Å². The molecule has 0 saturated heterocycles. The maximum Gasteiger partial charge on any atom is 0.293 e. The Balaban J connectivity index is 2.09. The molecule has 0 bridgehead atoms. The van der Waals surface area contributed by atoms with E-state index in [1.807, 2.05) is 4.90 Å². The van der Waals surface area contributed by atoms with Crippen molar-refractivity contribution in [3.63, 3.8) is 0 Å². The van der Waals surface area contributed by atoms with Gasteiger partial charge in [0, 0.05) is 19.7 Å². The molecule has 1 unspecified atom stereocenters. The normalized spacial score (nSPS) is 16.6. The third-order valence-corrected chi connectivity index (χ3v) is 3.38. The molecule has 18 heavy (non-hydrogen) atoms. The smallest absolute Gasteiger partial charge is 0.293 e. The predicted octanol–water partition coefficient (Wildman–Crippen LogP) is 1.00. The Kier molecular flexibility index (Phi) is 3.96. The summed E-state index contributed by atoms with van der Waals surface area (Å²) >= 11 is 0. The topological polar surface area (TPSA) is 71.1 Å². The van der Waals surface area contributed by atoms with Gasteiger partial charge in [-0.25, -0.2) is 4.98 Å². The van der Waals surface area contributed by atoms with Crippen molar-refractivity contribution in [1.29, 1.82) is 0 Å². The molecule has 2 rings (SSSR count). The van der Waals surface area contributed by atoms with Crippen LogP contribution in [0.5, 0.6) is 0 Å². The number of H-pyrrole nitrogens is 1. The van der Waals surface area contributed by atoms with Gasteiger partial charge in [-0.05, 0) is 32.6 Å². The van der Waals surface area contributed by atoms with Gasteiger partial charge in [0.2, 0.25) is 5.82 Å². The lowest BCUT2D eigenvalue weighted by Crippen LogP contribution is -2.42. The molecule has 1 saturated carbocycles. The summed E-state index contributed by atoms with van der Waals surface area (Å²) in [6, 6.07) is 0.228. The van der Waals surface area contributed by atoms with Gasteiger partial charge in [-0.3, -0.25) is 9.89 Å². The Morgan fingerprint density at radius 2 is 2.33 bits per heavy atom. The van der Waals surface area contributed by atoms with Crippen molar-refractivity contribution >= 4 is 5.91 Å². The molecule has 1 aliphatic rings. The van der Waals surface area contributed by atoms with Gasteiger partial charge < -0.3 is 9.64 Å². The zero-order chi connectivity index (χ0) is 13.1. The van der Waals surface area contributed by atoms with Crippen LogP contribution in [-0.4, -0.2) is 52.3 Å². The third-order valence-electron chi connectivity index (χ3n) is 3.38. The second-order valence-corrected chi connectivity index (χ2v) is 4.81. The van der Waals surface area contributed by atoms with E-state index < -0.39 is 0 Å². The Morgan fingerprint density at radius 1 is 1.61 bits per heavy atom. The van der Waals surface area contributed by atoms with Crippen LogP contribution in [0.1, 0.15) is 36.2 Å². The number of carbonyl (C=O) groups excluding carboxylic acids is 1. The molecular weight excluding hydrogens is 232 g/mol. The molecule has 1 heterocycles. The second-order valence-electron chi connectivity index (χ2n) is 4.81. The van der Waals surface area contributed by atoms with Crippen molar-refractivity contribution in [2.45, 2.75) is 32.7 Å². The van der Waals surface area contributed by atoms with Crippen LogP contribution in [0.3, 0.4) is 0 Å². The number of aromatic nitrogens is 3. The highest BCUT2D eigenvalue weighted by Gasteiger charge is 2.35. The zero-order valence-corrected chi connectivity index (χ0v) is 11.1. The Labute approximate surface area is 107 Å². The average molecular weight is 252 g/mol. The first-order chi connectivity index (χ1) is 8.63. The van der Waals surface area contributed by atoms with Crippen molar-refractivity contribution < 1.29 is 9.53 Å². The molecule has 1 aliphatic carbocycles. The number of carbonyl (C=O) groups is 1. The lowest BCUT2D eigenvalue weighted by Gasteiger charge is -2.28. The summed E-state index contributed by atoms with van der Waals surface area (Å²) in [5.74, 6) is 1.40. The van der Waals surface area contributed by atoms with E-state index >= 15 is 0 Å². The number of rotatable bonds is 6. The Hall–Kier alpha value is -1.43. The number of nitrogens with one attached hydrogen (secondary N) is 1. The molecule has 0 aromatic carbocycles. The van der Waals surface area contributed by atoms with Crippen LogP contribution in [0.15, 0.2) is 0 Å². The summed E-state index contributed by atoms with van der Waals surface area (Å²) < 4.78 is 5.07. The molecule has 1 aromatic rings. The van der Waals surface area contributed by atoms with Gasteiger partial charge in [0.1, 0.15) is 5.82 Å². The summed E-state index contributed by atoms with van der Waals surface area (Å²) in [6.07, 6.45) is 2.40. The molecular formula is C12H20N4O2. The maximum absolute atomic E-state index is 12.4. The molecule has 0 radical (unpaired) electrons. The third kappa shape index (κ3) is 2.87. The highest BCUT2D eigenvalue weighted by molar-refractivity contribution is 5.90. The van der Waals surface area contributed by atoms with E-state index in [0.29, 0.717) is 24.9 Å². The highest BCUT2D eigenvalue weighted by atomic mass is 16.5. The summed E-state index contributed by atoms with van der Waals surface area (Å²) in [5.41, 5.74) is 0. The lowest BCUT2D eigenvalue weighted by atomic mass is 10.2. The standard InChI is InChI=1S/C12H20N4O2/c1-8(10-4-5-10)16(6-7-18-3)12(17)11-13-9(2)14-15-11/h8,10H,4-7H2,1-3H3,(H,13,14,15). The second kappa shape index (κ2) is 5.48. The molecule has 1 amide bonds. The van der Waals surface area contributed by atoms with Gasteiger partial charge in [-0.1, -0.05) is 0 Å². The van der Waals surface area contributed by atoms with Crippen molar-refractivity contribution in [3.05, 3.63) is 11.6 Å². The highest BCUT2D eigenvalue weighted by Crippen LogP contribution is 2.35. The summed E-state index contributed by atoms with van der Waals surface area (Å²) in [6.45, 7) is 4.99. The molecule has 0 spiro atoms. The van der Waals surface area contributed by atoms with E-state index in [9.17, 15) is 4.79 Å². The van der Waals surface area contributed by atoms with Gasteiger partial charge in [0.15, 0.2) is 0 Å². The van der Waals surface area contributed by atoms with Crippen LogP contribution in [0.4, 0.5) is 0 Å². The van der Waals surface area contributed by atoms with E-state index in [1.54, 1.807) is 14.0 Å². The van der Waals surface area contributed by atoms with Gasteiger partial charge in [0.25, 0.3) is 5.91 Å². The van der Waals surface area contributed by atoms with E-state index in [1.165, 1.54) is 12.8 Å². The predicted molar refractivity (Wildman–Crippen MR) is 66.2 cm³/mol. The number of aromatic amines is 1. The van der Waals surface area contributed by atoms with E-state index in [-0.39, 0.29) is 17.8 Å². The number of aryl methyl sites for hydroxylation is 1. The summed E-state index contributed by atoms with van der Waals surface area (Å²) in [5, 5.41) is 6.64. The average Bonchev–Trinajstić information content (AvgIpc) is 3.11. The van der Waals surface area contributed by atoms with E-state index in [2.05, 4.69) is 22.1 Å². The Bertz CT molecular complexity index is 414. The summed E-state index contributed by atoms with van der Waals surface area (Å²) in [7, 11) is 1.64. The molecule has 0 aliphatic heterocycles. The fraction of sp³-hybridized carbons (Fsp3) is 0.750. The van der Waals surface area contributed by atoms with Crippen LogP contribution in [0.25, 0.3) is 0 Å². The fourth-order valence-corrected chi connectivity index (χ4v) is 2.08. The number of ether oxygens (including phenoxy) is 1. The maximum atomic E-state index is 12.4. The van der Waals surface area contributed by atoms with Crippen LogP contribution >= 0.6 is 0 Å². The van der Waals surface area contributed by atoms with Gasteiger partial charge in [-0.2, -0.15) is 0 Å². The SMILES string of the molecule is COCCN(C(=O)c1n[nH]c(C)n1)C(C)C1CC1. The molecule has 1 aromatic heterocycles. The van der Waals surface area contributed by atoms with Gasteiger partial charge in [0.05, 0.1) is 6.61 Å². The number of amides is 1. The quantitative estimate of drug-likeness (QED) is 0.820. The minimum Gasteiger partial charge on any atom is -0.383 e. The zero-order valence-electron chi connectivity index (χ0n) is 11.1. The Morgan fingerprint density at radius 3 is 2.83 bits per heavy atom. The van der Waals surface area contributed by atoms with Crippen molar-refractivity contribution in [1.82, 2.24) is 20.1 Å². The van der Waals surface area contributed by atoms with Crippen molar-refractivity contribution in [3.8, 4) is 0 Å². The van der Waals surface area contributed by atoms with E-state index in [0.717, 1.165) is 0 Å². The fourth-order valence-electron chi connectivity index (χ4n) is 2.08. The van der Waals surface area contributed by atoms with Gasteiger partial charge >= 0.3 is 0 Å². The first-order valence-electron chi connectivity index (χ1n) is 6.32. The summed E-state index contributed by atoms with van der Waals surface area (Å²) in [4.78, 5) is 18.3. The monoisotopic (exact) mass is 252 g/mol. The first kappa shape index (κ1) is 13.0. The van der Waals surface area contributed by atoms with Gasteiger partial charge in [-0.15, -0.1) is 5.10 Å². The molecule has 6 heteroatoms. The largest absolute Gasteiger partial charge is 0.383 e. The number of hydrogen-bond donors (Lipinski definition) is 1. The molecule has 1 N–H and O–H groups in total. The van der Waals surface area contributed by atoms with E-state index in [4.69, 9.17) is 4.74 Å². The molecule has 100 valence electrons. The minimum atomic E-state index is -0.115. The van der Waals surface area contributed by atoms with Crippen LogP contribution in [-0.2, 0) is 4.74 Å². The molecule has 1 atom stereocenters. The van der Waals surface area contributed by atoms with Crippen LogP contribution in [0.2, 0.25) is 0 Å². The first-order valence-corrected chi connectivity index (χ1v) is 6.32. The molecule has 1 fully saturated rings. The lowest BCUT2D eigenvalue weighted by molar-refractivity contribution is 0.0583. The van der Waals surface area contributed by atoms with Crippen molar-refractivity contribution in [2.75, 3.05) is 20.3 Å². The minimum absolute atomic E-state index is 0.115. The number of hydrogen-bond acceptors (Lipinski definition) is 4.